The topological polar surface area (TPSA) is 72.8 Å². The van der Waals surface area contributed by atoms with Gasteiger partial charge in [0.2, 0.25) is 0 Å². The molecule has 0 bridgehead atoms. The van der Waals surface area contributed by atoms with Gasteiger partial charge < -0.3 is 5.11 Å². The van der Waals surface area contributed by atoms with Gasteiger partial charge in [0.25, 0.3) is 0 Å². The standard InChI is InChI=1S/C13H24O5/c1-3-11(4-2)17-18-13(16)10-8-6-5-7-9-12(14)15/h11H,3-10H2,1-2H3,(H,14,15). The molecule has 0 aliphatic carbocycles. The van der Waals surface area contributed by atoms with Gasteiger partial charge in [0.05, 0.1) is 0 Å². The molecule has 0 radical (unpaired) electrons. The van der Waals surface area contributed by atoms with E-state index in [1.54, 1.807) is 0 Å². The van der Waals surface area contributed by atoms with Crippen molar-refractivity contribution >= 4 is 11.9 Å². The molecule has 0 atom stereocenters. The minimum absolute atomic E-state index is 0.0236. The molecule has 0 rings (SSSR count). The second-order valence-corrected chi connectivity index (χ2v) is 4.30. The summed E-state index contributed by atoms with van der Waals surface area (Å²) in [4.78, 5) is 31.2. The van der Waals surface area contributed by atoms with Crippen LogP contribution in [0.4, 0.5) is 0 Å². The average Bonchev–Trinajstić information content (AvgIpc) is 2.34. The van der Waals surface area contributed by atoms with Crippen molar-refractivity contribution < 1.29 is 24.5 Å². The van der Waals surface area contributed by atoms with Crippen LogP contribution in [0.5, 0.6) is 0 Å². The second-order valence-electron chi connectivity index (χ2n) is 4.30. The van der Waals surface area contributed by atoms with Gasteiger partial charge in [-0.1, -0.05) is 26.7 Å². The third-order valence-electron chi connectivity index (χ3n) is 2.71. The van der Waals surface area contributed by atoms with Gasteiger partial charge in [-0.3, -0.25) is 9.68 Å². The Morgan fingerprint density at radius 3 is 2.06 bits per heavy atom. The Labute approximate surface area is 108 Å². The zero-order valence-corrected chi connectivity index (χ0v) is 11.3. The summed E-state index contributed by atoms with van der Waals surface area (Å²) in [5.74, 6) is -1.12. The van der Waals surface area contributed by atoms with E-state index in [1.807, 2.05) is 13.8 Å². The molecule has 0 aromatic heterocycles. The Hall–Kier alpha value is -1.10. The monoisotopic (exact) mass is 260 g/mol. The van der Waals surface area contributed by atoms with E-state index in [1.165, 1.54) is 0 Å². The largest absolute Gasteiger partial charge is 0.481 e. The molecule has 106 valence electrons. The normalized spacial score (nSPS) is 10.6. The maximum atomic E-state index is 11.3. The summed E-state index contributed by atoms with van der Waals surface area (Å²) >= 11 is 0. The van der Waals surface area contributed by atoms with Crippen molar-refractivity contribution in [2.45, 2.75) is 71.3 Å². The van der Waals surface area contributed by atoms with Crippen LogP contribution in [0.3, 0.4) is 0 Å². The van der Waals surface area contributed by atoms with E-state index >= 15 is 0 Å². The number of aliphatic carboxylic acids is 1. The number of rotatable bonds is 11. The van der Waals surface area contributed by atoms with Crippen LogP contribution in [0, 0.1) is 0 Å². The Morgan fingerprint density at radius 1 is 1.00 bits per heavy atom. The molecule has 5 nitrogen and oxygen atoms in total. The number of carbonyl (C=O) groups excluding carboxylic acids is 1. The first-order valence-corrected chi connectivity index (χ1v) is 6.68. The summed E-state index contributed by atoms with van der Waals surface area (Å²) in [5, 5.41) is 8.44. The van der Waals surface area contributed by atoms with Crippen LogP contribution < -0.4 is 0 Å². The summed E-state index contributed by atoms with van der Waals surface area (Å²) < 4.78 is 0. The highest BCUT2D eigenvalue weighted by molar-refractivity contribution is 5.68. The first kappa shape index (κ1) is 16.9. The number of hydrogen-bond acceptors (Lipinski definition) is 4. The number of carboxylic acid groups (broad SMARTS) is 1. The number of unbranched alkanes of at least 4 members (excludes halogenated alkanes) is 3. The van der Waals surface area contributed by atoms with Gasteiger partial charge >= 0.3 is 11.9 Å². The van der Waals surface area contributed by atoms with E-state index in [4.69, 9.17) is 14.9 Å². The third kappa shape index (κ3) is 10.1. The molecular formula is C13H24O5. The fourth-order valence-electron chi connectivity index (χ4n) is 1.49. The van der Waals surface area contributed by atoms with E-state index in [9.17, 15) is 9.59 Å². The zero-order chi connectivity index (χ0) is 13.8. The molecule has 0 aromatic carbocycles. The van der Waals surface area contributed by atoms with Crippen molar-refractivity contribution in [1.29, 1.82) is 0 Å². The quantitative estimate of drug-likeness (QED) is 0.351. The number of carbonyl (C=O) groups is 2. The van der Waals surface area contributed by atoms with Crippen LogP contribution >= 0.6 is 0 Å². The lowest BCUT2D eigenvalue weighted by atomic mass is 10.1. The molecule has 0 unspecified atom stereocenters. The molecule has 18 heavy (non-hydrogen) atoms. The van der Waals surface area contributed by atoms with Crippen LogP contribution in [0.25, 0.3) is 0 Å². The summed E-state index contributed by atoms with van der Waals surface area (Å²) in [7, 11) is 0. The highest BCUT2D eigenvalue weighted by Crippen LogP contribution is 2.08. The van der Waals surface area contributed by atoms with Gasteiger partial charge in [-0.2, -0.15) is 4.89 Å². The Kier molecular flexibility index (Phi) is 10.3. The predicted molar refractivity (Wildman–Crippen MR) is 66.9 cm³/mol. The fourth-order valence-corrected chi connectivity index (χ4v) is 1.49. The van der Waals surface area contributed by atoms with Crippen molar-refractivity contribution in [1.82, 2.24) is 0 Å². The number of hydrogen-bond donors (Lipinski definition) is 1. The molecule has 0 aromatic rings. The first-order chi connectivity index (χ1) is 8.60. The molecule has 0 aliphatic rings. The van der Waals surface area contributed by atoms with Crippen molar-refractivity contribution in [2.24, 2.45) is 0 Å². The molecule has 0 saturated heterocycles. The first-order valence-electron chi connectivity index (χ1n) is 6.68. The highest BCUT2D eigenvalue weighted by atomic mass is 17.2. The average molecular weight is 260 g/mol. The Morgan fingerprint density at radius 2 is 1.56 bits per heavy atom. The fraction of sp³-hybridized carbons (Fsp3) is 0.846. The molecule has 1 N–H and O–H groups in total. The summed E-state index contributed by atoms with van der Waals surface area (Å²) in [5.41, 5.74) is 0. The number of carboxylic acids is 1. The van der Waals surface area contributed by atoms with Gasteiger partial charge in [-0.05, 0) is 25.7 Å². The lowest BCUT2D eigenvalue weighted by Gasteiger charge is -2.11. The Bertz CT molecular complexity index is 236. The summed E-state index contributed by atoms with van der Waals surface area (Å²) in [6.45, 7) is 3.95. The predicted octanol–water partition coefficient (Wildman–Crippen LogP) is 3.08. The second kappa shape index (κ2) is 11.0. The maximum Gasteiger partial charge on any atom is 0.342 e. The van der Waals surface area contributed by atoms with Crippen LogP contribution in [-0.4, -0.2) is 23.1 Å². The van der Waals surface area contributed by atoms with Crippen molar-refractivity contribution in [3.05, 3.63) is 0 Å². The van der Waals surface area contributed by atoms with Crippen LogP contribution in [0.15, 0.2) is 0 Å². The lowest BCUT2D eigenvalue weighted by molar-refractivity contribution is -0.298. The highest BCUT2D eigenvalue weighted by Gasteiger charge is 2.09. The summed E-state index contributed by atoms with van der Waals surface area (Å²) in [6.07, 6.45) is 5.18. The van der Waals surface area contributed by atoms with E-state index in [-0.39, 0.29) is 18.5 Å². The van der Waals surface area contributed by atoms with Gasteiger partial charge in [0.15, 0.2) is 0 Å². The van der Waals surface area contributed by atoms with Gasteiger partial charge in [0, 0.05) is 12.8 Å². The SMILES string of the molecule is CCC(CC)OOC(=O)CCCCCCC(=O)O. The van der Waals surface area contributed by atoms with Crippen molar-refractivity contribution in [2.75, 3.05) is 0 Å². The molecule has 0 heterocycles. The minimum Gasteiger partial charge on any atom is -0.481 e. The molecule has 0 amide bonds. The summed E-state index contributed by atoms with van der Waals surface area (Å²) in [6, 6.07) is 0. The molecular weight excluding hydrogens is 236 g/mol. The van der Waals surface area contributed by atoms with Crippen molar-refractivity contribution in [3.8, 4) is 0 Å². The molecule has 0 fully saturated rings. The van der Waals surface area contributed by atoms with E-state index in [0.717, 1.165) is 25.7 Å². The minimum atomic E-state index is -0.770. The third-order valence-corrected chi connectivity index (χ3v) is 2.71. The molecule has 0 aliphatic heterocycles. The van der Waals surface area contributed by atoms with Crippen LogP contribution in [-0.2, 0) is 19.4 Å². The zero-order valence-electron chi connectivity index (χ0n) is 11.3. The van der Waals surface area contributed by atoms with E-state index in [0.29, 0.717) is 19.3 Å². The van der Waals surface area contributed by atoms with Gasteiger partial charge in [-0.25, -0.2) is 4.79 Å². The molecule has 5 heteroatoms. The smallest absolute Gasteiger partial charge is 0.342 e. The molecule has 0 spiro atoms. The van der Waals surface area contributed by atoms with E-state index < -0.39 is 5.97 Å². The molecule has 0 saturated carbocycles. The van der Waals surface area contributed by atoms with Crippen LogP contribution in [0.1, 0.15) is 65.2 Å². The van der Waals surface area contributed by atoms with E-state index in [2.05, 4.69) is 0 Å². The van der Waals surface area contributed by atoms with Crippen LogP contribution in [0.2, 0.25) is 0 Å². The maximum absolute atomic E-state index is 11.3. The van der Waals surface area contributed by atoms with Gasteiger partial charge in [0.1, 0.15) is 6.10 Å². The van der Waals surface area contributed by atoms with Crippen molar-refractivity contribution in [3.63, 3.8) is 0 Å². The van der Waals surface area contributed by atoms with Gasteiger partial charge in [-0.15, -0.1) is 0 Å². The lowest BCUT2D eigenvalue weighted by Crippen LogP contribution is -2.14. The Balaban J connectivity index is 3.39.